The van der Waals surface area contributed by atoms with Gasteiger partial charge in [-0.3, -0.25) is 4.79 Å². The summed E-state index contributed by atoms with van der Waals surface area (Å²) in [7, 11) is 0. The maximum Gasteiger partial charge on any atom is 0.257 e. The molecule has 0 aliphatic rings. The van der Waals surface area contributed by atoms with Crippen LogP contribution in [0, 0.1) is 6.92 Å². The first-order valence-corrected chi connectivity index (χ1v) is 9.67. The van der Waals surface area contributed by atoms with Crippen molar-refractivity contribution in [2.24, 2.45) is 0 Å². The van der Waals surface area contributed by atoms with Gasteiger partial charge >= 0.3 is 0 Å². The predicted molar refractivity (Wildman–Crippen MR) is 110 cm³/mol. The second kappa shape index (κ2) is 8.67. The number of benzene rings is 2. The zero-order chi connectivity index (χ0) is 19.2. The number of rotatable bonds is 7. The molecule has 0 aliphatic heterocycles. The highest BCUT2D eigenvalue weighted by atomic mass is 16.2. The van der Waals surface area contributed by atoms with Crippen LogP contribution in [0.1, 0.15) is 42.7 Å². The van der Waals surface area contributed by atoms with E-state index >= 15 is 0 Å². The summed E-state index contributed by atoms with van der Waals surface area (Å²) in [4.78, 5) is 15.4. The number of para-hydroxylation sites is 1. The van der Waals surface area contributed by atoms with Crippen molar-refractivity contribution in [3.8, 4) is 16.9 Å². The van der Waals surface area contributed by atoms with Crippen LogP contribution in [0.3, 0.4) is 0 Å². The van der Waals surface area contributed by atoms with Crippen molar-refractivity contribution >= 4 is 5.91 Å². The van der Waals surface area contributed by atoms with Gasteiger partial charge in [0.2, 0.25) is 0 Å². The maximum absolute atomic E-state index is 13.5. The minimum atomic E-state index is 0.0669. The lowest BCUT2D eigenvalue weighted by atomic mass is 10.0. The van der Waals surface area contributed by atoms with Crippen LogP contribution in [0.5, 0.6) is 0 Å². The normalized spacial score (nSPS) is 10.8. The molecule has 4 nitrogen and oxygen atoms in total. The van der Waals surface area contributed by atoms with E-state index in [0.717, 1.165) is 48.6 Å². The molecule has 1 amide bonds. The van der Waals surface area contributed by atoms with E-state index in [1.54, 1.807) is 0 Å². The lowest BCUT2D eigenvalue weighted by molar-refractivity contribution is 0.0755. The number of hydrogen-bond acceptors (Lipinski definition) is 2. The monoisotopic (exact) mass is 361 g/mol. The number of aromatic nitrogens is 2. The fourth-order valence-corrected chi connectivity index (χ4v) is 3.39. The van der Waals surface area contributed by atoms with Crippen molar-refractivity contribution < 1.29 is 4.79 Å². The second-order valence-corrected chi connectivity index (χ2v) is 6.71. The molecule has 0 radical (unpaired) electrons. The van der Waals surface area contributed by atoms with Crippen LogP contribution in [-0.2, 0) is 0 Å². The number of hydrogen-bond donors (Lipinski definition) is 0. The van der Waals surface area contributed by atoms with E-state index < -0.39 is 0 Å². The van der Waals surface area contributed by atoms with Gasteiger partial charge in [-0.25, -0.2) is 4.68 Å². The summed E-state index contributed by atoms with van der Waals surface area (Å²) < 4.78 is 1.88. The molecule has 0 spiro atoms. The molecular formula is C23H27N3O. The second-order valence-electron chi connectivity index (χ2n) is 6.71. The van der Waals surface area contributed by atoms with Gasteiger partial charge in [0, 0.05) is 18.7 Å². The van der Waals surface area contributed by atoms with Crippen LogP contribution in [-0.4, -0.2) is 33.7 Å². The molecule has 140 valence electrons. The average molecular weight is 361 g/mol. The Morgan fingerprint density at radius 3 is 2.04 bits per heavy atom. The van der Waals surface area contributed by atoms with Gasteiger partial charge in [0.1, 0.15) is 5.69 Å². The van der Waals surface area contributed by atoms with Crippen LogP contribution in [0.4, 0.5) is 0 Å². The van der Waals surface area contributed by atoms with E-state index in [-0.39, 0.29) is 5.91 Å². The Kier molecular flexibility index (Phi) is 6.07. The quantitative estimate of drug-likeness (QED) is 0.586. The minimum Gasteiger partial charge on any atom is -0.339 e. The molecule has 0 aliphatic carbocycles. The molecule has 1 aromatic heterocycles. The summed E-state index contributed by atoms with van der Waals surface area (Å²) >= 11 is 0. The smallest absolute Gasteiger partial charge is 0.257 e. The van der Waals surface area contributed by atoms with E-state index in [2.05, 4.69) is 13.8 Å². The summed E-state index contributed by atoms with van der Waals surface area (Å²) in [6.07, 6.45) is 1.89. The number of carbonyl (C=O) groups excluding carboxylic acids is 1. The van der Waals surface area contributed by atoms with Gasteiger partial charge in [-0.15, -0.1) is 0 Å². The largest absolute Gasteiger partial charge is 0.339 e. The topological polar surface area (TPSA) is 38.1 Å². The third-order valence-corrected chi connectivity index (χ3v) is 4.65. The Morgan fingerprint density at radius 2 is 1.48 bits per heavy atom. The van der Waals surface area contributed by atoms with Crippen molar-refractivity contribution in [1.29, 1.82) is 0 Å². The van der Waals surface area contributed by atoms with Gasteiger partial charge < -0.3 is 4.90 Å². The predicted octanol–water partition coefficient (Wildman–Crippen LogP) is 5.11. The van der Waals surface area contributed by atoms with E-state index in [0.29, 0.717) is 5.56 Å². The van der Waals surface area contributed by atoms with Crippen LogP contribution in [0.15, 0.2) is 60.7 Å². The molecule has 27 heavy (non-hydrogen) atoms. The van der Waals surface area contributed by atoms with Gasteiger partial charge in [0.15, 0.2) is 0 Å². The summed E-state index contributed by atoms with van der Waals surface area (Å²) in [5.41, 5.74) is 4.25. The first kappa shape index (κ1) is 18.9. The molecule has 0 saturated heterocycles. The van der Waals surface area contributed by atoms with Crippen molar-refractivity contribution in [3.63, 3.8) is 0 Å². The highest BCUT2D eigenvalue weighted by Crippen LogP contribution is 2.28. The Balaban J connectivity index is 2.16. The first-order valence-electron chi connectivity index (χ1n) is 9.67. The summed E-state index contributed by atoms with van der Waals surface area (Å²) in [5.74, 6) is 0.0669. The molecule has 4 heteroatoms. The molecule has 0 unspecified atom stereocenters. The van der Waals surface area contributed by atoms with Gasteiger partial charge in [0.25, 0.3) is 5.91 Å². The van der Waals surface area contributed by atoms with Gasteiger partial charge in [-0.1, -0.05) is 62.4 Å². The van der Waals surface area contributed by atoms with Crippen LogP contribution < -0.4 is 0 Å². The van der Waals surface area contributed by atoms with E-state index in [1.165, 1.54) is 0 Å². The zero-order valence-corrected chi connectivity index (χ0v) is 16.4. The van der Waals surface area contributed by atoms with E-state index in [4.69, 9.17) is 5.10 Å². The van der Waals surface area contributed by atoms with Crippen molar-refractivity contribution in [1.82, 2.24) is 14.7 Å². The molecule has 0 bridgehead atoms. The Labute approximate surface area is 161 Å². The molecule has 0 fully saturated rings. The van der Waals surface area contributed by atoms with Gasteiger partial charge in [-0.05, 0) is 31.9 Å². The van der Waals surface area contributed by atoms with Crippen molar-refractivity contribution in [3.05, 3.63) is 71.9 Å². The van der Waals surface area contributed by atoms with Gasteiger partial charge in [0.05, 0.1) is 16.9 Å². The van der Waals surface area contributed by atoms with E-state index in [9.17, 15) is 4.79 Å². The Morgan fingerprint density at radius 1 is 0.926 bits per heavy atom. The first-order chi connectivity index (χ1) is 13.2. The molecule has 0 atom stereocenters. The highest BCUT2D eigenvalue weighted by molar-refractivity contribution is 6.01. The fraction of sp³-hybridized carbons (Fsp3) is 0.304. The van der Waals surface area contributed by atoms with Crippen molar-refractivity contribution in [2.45, 2.75) is 33.6 Å². The molecule has 1 heterocycles. The number of nitrogens with zero attached hydrogens (tertiary/aromatic N) is 3. The summed E-state index contributed by atoms with van der Waals surface area (Å²) in [6.45, 7) is 7.71. The molecule has 2 aromatic carbocycles. The molecule has 3 rings (SSSR count). The average Bonchev–Trinajstić information content (AvgIpc) is 3.06. The van der Waals surface area contributed by atoms with Crippen LogP contribution >= 0.6 is 0 Å². The molecule has 0 N–H and O–H groups in total. The van der Waals surface area contributed by atoms with E-state index in [1.807, 2.05) is 77.2 Å². The van der Waals surface area contributed by atoms with Crippen LogP contribution in [0.25, 0.3) is 16.9 Å². The highest BCUT2D eigenvalue weighted by Gasteiger charge is 2.26. The molecule has 3 aromatic rings. The SMILES string of the molecule is CCCN(CCC)C(=O)c1c(-c2ccccc2)nn(-c2ccccc2)c1C. The Hall–Kier alpha value is -2.88. The lowest BCUT2D eigenvalue weighted by Crippen LogP contribution is -2.33. The maximum atomic E-state index is 13.5. The third kappa shape index (κ3) is 3.95. The number of amides is 1. The zero-order valence-electron chi connectivity index (χ0n) is 16.4. The van der Waals surface area contributed by atoms with Gasteiger partial charge in [-0.2, -0.15) is 5.10 Å². The number of carbonyl (C=O) groups is 1. The Bertz CT molecular complexity index is 879. The van der Waals surface area contributed by atoms with Crippen LogP contribution in [0.2, 0.25) is 0 Å². The van der Waals surface area contributed by atoms with Crippen molar-refractivity contribution in [2.75, 3.05) is 13.1 Å². The summed E-state index contributed by atoms with van der Waals surface area (Å²) in [6, 6.07) is 19.9. The lowest BCUT2D eigenvalue weighted by Gasteiger charge is -2.22. The summed E-state index contributed by atoms with van der Waals surface area (Å²) in [5, 5.41) is 4.84. The third-order valence-electron chi connectivity index (χ3n) is 4.65. The minimum absolute atomic E-state index is 0.0669. The molecular weight excluding hydrogens is 334 g/mol. The molecule has 0 saturated carbocycles. The standard InChI is InChI=1S/C23H27N3O/c1-4-16-25(17-5-2)23(27)21-18(3)26(20-14-10-7-11-15-20)24-22(21)19-12-8-6-9-13-19/h6-15H,4-5,16-17H2,1-3H3. The fourth-order valence-electron chi connectivity index (χ4n) is 3.39.